The van der Waals surface area contributed by atoms with Gasteiger partial charge < -0.3 is 29.5 Å². The molecule has 8 rings (SSSR count). The summed E-state index contributed by atoms with van der Waals surface area (Å²) >= 11 is 0. The zero-order valence-electron chi connectivity index (χ0n) is 24.2. The molecule has 0 aromatic rings. The average molecular weight is 563 g/mol. The molecule has 8 aliphatic rings. The maximum Gasteiger partial charge on any atom is 0.312 e. The van der Waals surface area contributed by atoms with Gasteiger partial charge in [-0.15, -0.1) is 0 Å². The third-order valence-electron chi connectivity index (χ3n) is 11.2. The van der Waals surface area contributed by atoms with Gasteiger partial charge in [-0.25, -0.2) is 0 Å². The summed E-state index contributed by atoms with van der Waals surface area (Å²) < 4.78 is 17.9. The lowest BCUT2D eigenvalue weighted by Gasteiger charge is -2.63. The summed E-state index contributed by atoms with van der Waals surface area (Å²) in [5.74, 6) is -2.78. The third-order valence-corrected chi connectivity index (χ3v) is 11.2. The molecule has 9 heteroatoms. The van der Waals surface area contributed by atoms with Gasteiger partial charge in [0.1, 0.15) is 11.2 Å². The Balaban J connectivity index is 1.13. The van der Waals surface area contributed by atoms with Gasteiger partial charge in [0.05, 0.1) is 40.7 Å². The van der Waals surface area contributed by atoms with E-state index in [9.17, 15) is 29.7 Å². The Bertz CT molecular complexity index is 1070. The van der Waals surface area contributed by atoms with E-state index in [-0.39, 0.29) is 17.8 Å². The normalized spacial score (nSPS) is 47.5. The standard InChI is InChI=1S/C31H46O9/c1-4-5-6-38-25(34)26-7-21-8-27(35,13-26)16-30(11-21,14-26)39-23(32)19(2)20(3)24(33)40-31-12-22-9-28(36,17-31)15-29(37,10-22)18-31/h19-22,35-37H,4-18H2,1-3H3. The quantitative estimate of drug-likeness (QED) is 0.219. The Morgan fingerprint density at radius 3 is 1.65 bits per heavy atom. The second kappa shape index (κ2) is 9.14. The lowest BCUT2D eigenvalue weighted by Crippen LogP contribution is -2.67. The van der Waals surface area contributed by atoms with Crippen molar-refractivity contribution in [2.24, 2.45) is 29.1 Å². The number of unbranched alkanes of at least 4 members (excludes halogenated alkanes) is 1. The molecule has 0 aromatic heterocycles. The van der Waals surface area contributed by atoms with Crippen molar-refractivity contribution in [3.63, 3.8) is 0 Å². The number of carbonyl (C=O) groups is 3. The Morgan fingerprint density at radius 2 is 1.18 bits per heavy atom. The summed E-state index contributed by atoms with van der Waals surface area (Å²) in [5, 5.41) is 33.5. The highest BCUT2D eigenvalue weighted by atomic mass is 16.6. The Hall–Kier alpha value is -1.71. The first-order chi connectivity index (χ1) is 18.6. The summed E-state index contributed by atoms with van der Waals surface area (Å²) in [6.45, 7) is 5.68. The van der Waals surface area contributed by atoms with Crippen LogP contribution < -0.4 is 0 Å². The van der Waals surface area contributed by atoms with Gasteiger partial charge in [0.25, 0.3) is 0 Å². The smallest absolute Gasteiger partial charge is 0.312 e. The molecule has 0 amide bonds. The molecule has 0 aliphatic heterocycles. The summed E-state index contributed by atoms with van der Waals surface area (Å²) in [7, 11) is 0. The Kier molecular flexibility index (Phi) is 6.49. The molecule has 0 spiro atoms. The molecule has 8 saturated carbocycles. The van der Waals surface area contributed by atoms with E-state index in [0.29, 0.717) is 83.7 Å². The van der Waals surface area contributed by atoms with Crippen molar-refractivity contribution in [1.82, 2.24) is 0 Å². The molecule has 0 radical (unpaired) electrons. The number of rotatable bonds is 9. The number of hydrogen-bond acceptors (Lipinski definition) is 9. The van der Waals surface area contributed by atoms with E-state index < -0.39 is 57.2 Å². The molecule has 0 aromatic carbocycles. The number of ether oxygens (including phenoxy) is 3. The van der Waals surface area contributed by atoms with Crippen LogP contribution in [-0.2, 0) is 28.6 Å². The number of aliphatic hydroxyl groups is 3. The van der Waals surface area contributed by atoms with Crippen LogP contribution >= 0.6 is 0 Å². The molecule has 224 valence electrons. The predicted molar refractivity (Wildman–Crippen MR) is 142 cm³/mol. The van der Waals surface area contributed by atoms with Crippen molar-refractivity contribution in [3.8, 4) is 0 Å². The molecule has 8 unspecified atom stereocenters. The first-order valence-corrected chi connectivity index (χ1v) is 15.4. The lowest BCUT2D eigenvalue weighted by molar-refractivity contribution is -0.264. The van der Waals surface area contributed by atoms with Crippen molar-refractivity contribution in [1.29, 1.82) is 0 Å². The molecule has 0 saturated heterocycles. The second-order valence-electron chi connectivity index (χ2n) is 15.2. The van der Waals surface area contributed by atoms with Crippen LogP contribution in [0.1, 0.15) is 111 Å². The highest BCUT2D eigenvalue weighted by Crippen LogP contribution is 2.65. The van der Waals surface area contributed by atoms with Gasteiger partial charge in [-0.3, -0.25) is 14.4 Å². The van der Waals surface area contributed by atoms with E-state index in [1.165, 1.54) is 0 Å². The molecular formula is C31H46O9. The highest BCUT2D eigenvalue weighted by molar-refractivity contribution is 5.82. The molecule has 9 nitrogen and oxygen atoms in total. The van der Waals surface area contributed by atoms with Gasteiger partial charge in [-0.1, -0.05) is 27.2 Å². The molecule has 40 heavy (non-hydrogen) atoms. The van der Waals surface area contributed by atoms with Crippen molar-refractivity contribution >= 4 is 17.9 Å². The van der Waals surface area contributed by atoms with Crippen LogP contribution in [0, 0.1) is 29.1 Å². The second-order valence-corrected chi connectivity index (χ2v) is 15.2. The SMILES string of the molecule is CCCCOC(=O)C12CC3CC(O)(CC(OC(=O)C(C)C(C)C(=O)OC45CC6CC(O)(CC(O)(C6)C4)C5)(C3)C1)C2. The number of hydrogen-bond donors (Lipinski definition) is 3. The van der Waals surface area contributed by atoms with Crippen molar-refractivity contribution < 1.29 is 43.9 Å². The first-order valence-electron chi connectivity index (χ1n) is 15.4. The zero-order chi connectivity index (χ0) is 28.8. The van der Waals surface area contributed by atoms with Crippen molar-refractivity contribution in [2.45, 2.75) is 139 Å². The first kappa shape index (κ1) is 28.4. The minimum atomic E-state index is -1.07. The molecular weight excluding hydrogens is 516 g/mol. The minimum Gasteiger partial charge on any atom is -0.465 e. The largest absolute Gasteiger partial charge is 0.465 e. The summed E-state index contributed by atoms with van der Waals surface area (Å²) in [6, 6.07) is 0. The fourth-order valence-electron chi connectivity index (χ4n) is 10.5. The summed E-state index contributed by atoms with van der Waals surface area (Å²) in [6.07, 6.45) is 7.29. The van der Waals surface area contributed by atoms with Gasteiger partial charge in [0.15, 0.2) is 0 Å². The van der Waals surface area contributed by atoms with E-state index >= 15 is 0 Å². The van der Waals surface area contributed by atoms with E-state index in [4.69, 9.17) is 14.2 Å². The van der Waals surface area contributed by atoms with Crippen LogP contribution in [0.5, 0.6) is 0 Å². The summed E-state index contributed by atoms with van der Waals surface area (Å²) in [4.78, 5) is 40.1. The number of esters is 3. The third kappa shape index (κ3) is 4.77. The van der Waals surface area contributed by atoms with Crippen LogP contribution in [0.25, 0.3) is 0 Å². The van der Waals surface area contributed by atoms with Crippen molar-refractivity contribution in [3.05, 3.63) is 0 Å². The van der Waals surface area contributed by atoms with E-state index in [1.807, 2.05) is 6.92 Å². The van der Waals surface area contributed by atoms with Crippen LogP contribution in [-0.4, -0.2) is 67.8 Å². The van der Waals surface area contributed by atoms with Gasteiger partial charge in [-0.2, -0.15) is 0 Å². The fourth-order valence-corrected chi connectivity index (χ4v) is 10.5. The topological polar surface area (TPSA) is 140 Å². The fraction of sp³-hybridized carbons (Fsp3) is 0.903. The van der Waals surface area contributed by atoms with E-state index in [1.54, 1.807) is 13.8 Å². The zero-order valence-corrected chi connectivity index (χ0v) is 24.2. The van der Waals surface area contributed by atoms with Gasteiger partial charge >= 0.3 is 17.9 Å². The average Bonchev–Trinajstić information content (AvgIpc) is 2.78. The Labute approximate surface area is 236 Å². The van der Waals surface area contributed by atoms with Crippen LogP contribution in [0.2, 0.25) is 0 Å². The van der Waals surface area contributed by atoms with E-state index in [0.717, 1.165) is 12.8 Å². The highest BCUT2D eigenvalue weighted by Gasteiger charge is 2.68. The van der Waals surface area contributed by atoms with Crippen LogP contribution in [0.4, 0.5) is 0 Å². The van der Waals surface area contributed by atoms with Crippen LogP contribution in [0.3, 0.4) is 0 Å². The van der Waals surface area contributed by atoms with Gasteiger partial charge in [0.2, 0.25) is 0 Å². The van der Waals surface area contributed by atoms with Gasteiger partial charge in [-0.05, 0) is 63.2 Å². The van der Waals surface area contributed by atoms with Crippen LogP contribution in [0.15, 0.2) is 0 Å². The van der Waals surface area contributed by atoms with Crippen molar-refractivity contribution in [2.75, 3.05) is 6.61 Å². The molecule has 8 bridgehead atoms. The molecule has 8 fully saturated rings. The maximum absolute atomic E-state index is 13.5. The number of carbonyl (C=O) groups excluding carboxylic acids is 3. The minimum absolute atomic E-state index is 0.0677. The molecule has 0 heterocycles. The predicted octanol–water partition coefficient (Wildman–Crippen LogP) is 3.34. The summed E-state index contributed by atoms with van der Waals surface area (Å²) in [5.41, 5.74) is -5.83. The molecule has 8 aliphatic carbocycles. The van der Waals surface area contributed by atoms with Gasteiger partial charge in [0, 0.05) is 32.1 Å². The monoisotopic (exact) mass is 562 g/mol. The maximum atomic E-state index is 13.5. The molecule has 3 N–H and O–H groups in total. The Morgan fingerprint density at radius 1 is 0.700 bits per heavy atom. The lowest BCUT2D eigenvalue weighted by atomic mass is 9.46. The van der Waals surface area contributed by atoms with E-state index in [2.05, 4.69) is 0 Å². The molecule has 8 atom stereocenters.